The molecule has 0 saturated carbocycles. The summed E-state index contributed by atoms with van der Waals surface area (Å²) < 4.78 is 62.2. The van der Waals surface area contributed by atoms with Crippen LogP contribution in [0, 0.1) is 5.82 Å². The van der Waals surface area contributed by atoms with Gasteiger partial charge in [0.05, 0.1) is 41.6 Å². The molecule has 3 aromatic carbocycles. The van der Waals surface area contributed by atoms with Gasteiger partial charge in [-0.25, -0.2) is 22.4 Å². The lowest BCUT2D eigenvalue weighted by Gasteiger charge is -2.25. The summed E-state index contributed by atoms with van der Waals surface area (Å²) in [6.07, 6.45) is 0. The normalized spacial score (nSPS) is 12.3. The smallest absolute Gasteiger partial charge is 0.339 e. The number of ether oxygens (including phenoxy) is 4. The van der Waals surface area contributed by atoms with Gasteiger partial charge in [-0.05, 0) is 54.6 Å². The van der Waals surface area contributed by atoms with Crippen LogP contribution in [0.2, 0.25) is 0 Å². The molecule has 1 aliphatic heterocycles. The highest BCUT2D eigenvalue weighted by atomic mass is 32.2. The molecule has 11 nitrogen and oxygen atoms in total. The van der Waals surface area contributed by atoms with Crippen molar-refractivity contribution in [2.45, 2.75) is 4.90 Å². The van der Waals surface area contributed by atoms with Crippen LogP contribution in [0.1, 0.15) is 20.7 Å². The van der Waals surface area contributed by atoms with E-state index in [-0.39, 0.29) is 39.8 Å². The minimum atomic E-state index is -4.40. The number of amides is 1. The topological polar surface area (TPSA) is 138 Å². The van der Waals surface area contributed by atoms with Crippen molar-refractivity contribution in [3.63, 3.8) is 0 Å². The molecule has 0 fully saturated rings. The summed E-state index contributed by atoms with van der Waals surface area (Å²) in [6, 6.07) is 12.3. The van der Waals surface area contributed by atoms with E-state index in [9.17, 15) is 27.2 Å². The lowest BCUT2D eigenvalue weighted by Crippen LogP contribution is -2.38. The zero-order chi connectivity index (χ0) is 28.2. The SMILES string of the molecule is COC(=O)c1ccc(C(=O)OC)c(NC(=O)CN(c2ccc(F)cc2)S(=O)(=O)c2ccc3c(c2)OCCO3)c1. The first kappa shape index (κ1) is 27.4. The number of nitrogens with zero attached hydrogens (tertiary/aromatic N) is 1. The standard InChI is InChI=1S/C26H23FN2O9S/c1-35-25(31)16-3-9-20(26(32)36-2)21(13-16)28-24(30)15-29(18-6-4-17(27)5-7-18)39(33,34)19-8-10-22-23(14-19)38-12-11-37-22/h3-10,13-14H,11-12,15H2,1-2H3,(H,28,30). The molecule has 1 heterocycles. The van der Waals surface area contributed by atoms with Gasteiger partial charge in [0.1, 0.15) is 25.6 Å². The maximum atomic E-state index is 13.7. The lowest BCUT2D eigenvalue weighted by molar-refractivity contribution is -0.114. The number of anilines is 2. The van der Waals surface area contributed by atoms with Crippen molar-refractivity contribution in [3.05, 3.63) is 77.6 Å². The summed E-state index contributed by atoms with van der Waals surface area (Å²) in [7, 11) is -2.09. The van der Waals surface area contributed by atoms with Crippen molar-refractivity contribution >= 4 is 39.2 Å². The third kappa shape index (κ3) is 5.93. The van der Waals surface area contributed by atoms with E-state index in [1.54, 1.807) is 0 Å². The third-order valence-electron chi connectivity index (χ3n) is 5.62. The van der Waals surface area contributed by atoms with Crippen LogP contribution in [0.5, 0.6) is 11.5 Å². The molecule has 1 N–H and O–H groups in total. The summed E-state index contributed by atoms with van der Waals surface area (Å²) in [5.74, 6) is -2.42. The van der Waals surface area contributed by atoms with Crippen molar-refractivity contribution in [2.75, 3.05) is 43.6 Å². The lowest BCUT2D eigenvalue weighted by atomic mass is 10.1. The third-order valence-corrected chi connectivity index (χ3v) is 7.39. The molecule has 0 saturated heterocycles. The second-order valence-electron chi connectivity index (χ2n) is 8.09. The molecular weight excluding hydrogens is 535 g/mol. The maximum absolute atomic E-state index is 13.7. The average Bonchev–Trinajstić information content (AvgIpc) is 2.95. The van der Waals surface area contributed by atoms with Gasteiger partial charge in [0, 0.05) is 6.07 Å². The molecule has 1 aliphatic rings. The predicted octanol–water partition coefficient (Wildman–Crippen LogP) is 3.00. The van der Waals surface area contributed by atoms with E-state index >= 15 is 0 Å². The Bertz CT molecular complexity index is 1520. The fourth-order valence-corrected chi connectivity index (χ4v) is 5.17. The largest absolute Gasteiger partial charge is 0.486 e. The number of esters is 2. The summed E-state index contributed by atoms with van der Waals surface area (Å²) in [6.45, 7) is -0.231. The van der Waals surface area contributed by atoms with Crippen molar-refractivity contribution in [3.8, 4) is 11.5 Å². The van der Waals surface area contributed by atoms with Crippen LogP contribution in [0.4, 0.5) is 15.8 Å². The van der Waals surface area contributed by atoms with Crippen LogP contribution >= 0.6 is 0 Å². The summed E-state index contributed by atoms with van der Waals surface area (Å²) in [5, 5.41) is 2.46. The molecule has 0 radical (unpaired) electrons. The molecule has 204 valence electrons. The minimum absolute atomic E-state index is 0.00191. The Morgan fingerprint density at radius 2 is 1.56 bits per heavy atom. The van der Waals surface area contributed by atoms with E-state index in [2.05, 4.69) is 10.1 Å². The van der Waals surface area contributed by atoms with E-state index < -0.39 is 40.2 Å². The van der Waals surface area contributed by atoms with Crippen molar-refractivity contribution < 1.29 is 46.1 Å². The number of carbonyl (C=O) groups is 3. The molecule has 1 amide bonds. The number of halogens is 1. The zero-order valence-electron chi connectivity index (χ0n) is 20.8. The van der Waals surface area contributed by atoms with Crippen LogP contribution in [-0.2, 0) is 24.3 Å². The van der Waals surface area contributed by atoms with Gasteiger partial charge in [0.15, 0.2) is 11.5 Å². The summed E-state index contributed by atoms with van der Waals surface area (Å²) >= 11 is 0. The molecule has 3 aromatic rings. The Labute approximate surface area is 223 Å². The Hall–Kier alpha value is -4.65. The second kappa shape index (κ2) is 11.4. The average molecular weight is 559 g/mol. The molecule has 0 aliphatic carbocycles. The van der Waals surface area contributed by atoms with E-state index in [0.29, 0.717) is 12.4 Å². The monoisotopic (exact) mass is 558 g/mol. The molecule has 0 atom stereocenters. The first-order chi connectivity index (χ1) is 18.6. The van der Waals surface area contributed by atoms with Crippen molar-refractivity contribution in [1.82, 2.24) is 0 Å². The molecule has 13 heteroatoms. The molecule has 0 spiro atoms. The maximum Gasteiger partial charge on any atom is 0.339 e. The number of sulfonamides is 1. The molecule has 4 rings (SSSR count). The minimum Gasteiger partial charge on any atom is -0.486 e. The highest BCUT2D eigenvalue weighted by Gasteiger charge is 2.29. The Morgan fingerprint density at radius 1 is 0.897 bits per heavy atom. The van der Waals surface area contributed by atoms with E-state index in [1.165, 1.54) is 48.5 Å². The Balaban J connectivity index is 1.70. The predicted molar refractivity (Wildman–Crippen MR) is 136 cm³/mol. The van der Waals surface area contributed by atoms with Gasteiger partial charge in [0.2, 0.25) is 5.91 Å². The molecule has 0 aromatic heterocycles. The van der Waals surface area contributed by atoms with Crippen molar-refractivity contribution in [1.29, 1.82) is 0 Å². The number of methoxy groups -OCH3 is 2. The second-order valence-corrected chi connectivity index (χ2v) is 9.95. The number of benzene rings is 3. The van der Waals surface area contributed by atoms with Crippen LogP contribution < -0.4 is 19.1 Å². The number of fused-ring (bicyclic) bond motifs is 1. The molecule has 0 bridgehead atoms. The molecule has 0 unspecified atom stereocenters. The first-order valence-electron chi connectivity index (χ1n) is 11.4. The van der Waals surface area contributed by atoms with E-state index in [1.807, 2.05) is 0 Å². The number of nitrogens with one attached hydrogen (secondary N) is 1. The molecular formula is C26H23FN2O9S. The van der Waals surface area contributed by atoms with Gasteiger partial charge < -0.3 is 24.3 Å². The number of hydrogen-bond donors (Lipinski definition) is 1. The van der Waals surface area contributed by atoms with Gasteiger partial charge in [-0.1, -0.05) is 0 Å². The zero-order valence-corrected chi connectivity index (χ0v) is 21.6. The summed E-state index contributed by atoms with van der Waals surface area (Å²) in [4.78, 5) is 37.2. The number of hydrogen-bond acceptors (Lipinski definition) is 9. The highest BCUT2D eigenvalue weighted by Crippen LogP contribution is 2.34. The van der Waals surface area contributed by atoms with Crippen LogP contribution in [-0.4, -0.2) is 60.2 Å². The highest BCUT2D eigenvalue weighted by molar-refractivity contribution is 7.92. The van der Waals surface area contributed by atoms with Gasteiger partial charge in [0.25, 0.3) is 10.0 Å². The van der Waals surface area contributed by atoms with Gasteiger partial charge >= 0.3 is 11.9 Å². The van der Waals surface area contributed by atoms with Gasteiger partial charge in [-0.2, -0.15) is 0 Å². The first-order valence-corrected chi connectivity index (χ1v) is 12.9. The van der Waals surface area contributed by atoms with Crippen LogP contribution in [0.3, 0.4) is 0 Å². The van der Waals surface area contributed by atoms with E-state index in [0.717, 1.165) is 30.7 Å². The summed E-state index contributed by atoms with van der Waals surface area (Å²) in [5.41, 5.74) is -0.162. The fraction of sp³-hybridized carbons (Fsp3) is 0.192. The number of carbonyl (C=O) groups excluding carboxylic acids is 3. The number of rotatable bonds is 8. The quantitative estimate of drug-likeness (QED) is 0.414. The van der Waals surface area contributed by atoms with Crippen LogP contribution in [0.15, 0.2) is 65.6 Å². The Morgan fingerprint density at radius 3 is 2.23 bits per heavy atom. The van der Waals surface area contributed by atoms with Gasteiger partial charge in [-0.3, -0.25) is 9.10 Å². The van der Waals surface area contributed by atoms with Crippen LogP contribution in [0.25, 0.3) is 0 Å². The van der Waals surface area contributed by atoms with Crippen molar-refractivity contribution in [2.24, 2.45) is 0 Å². The fourth-order valence-electron chi connectivity index (χ4n) is 3.73. The Kier molecular flexibility index (Phi) is 8.00. The van der Waals surface area contributed by atoms with E-state index in [4.69, 9.17) is 14.2 Å². The van der Waals surface area contributed by atoms with Gasteiger partial charge in [-0.15, -0.1) is 0 Å². The molecule has 39 heavy (non-hydrogen) atoms.